The van der Waals surface area contributed by atoms with Crippen LogP contribution in [0.4, 0.5) is 4.79 Å². The molecule has 1 unspecified atom stereocenters. The lowest BCUT2D eigenvalue weighted by molar-refractivity contribution is -0.140. The predicted octanol–water partition coefficient (Wildman–Crippen LogP) is 3.14. The zero-order valence-corrected chi connectivity index (χ0v) is 15.0. The van der Waals surface area contributed by atoms with Crippen molar-refractivity contribution in [2.24, 2.45) is 5.41 Å². The summed E-state index contributed by atoms with van der Waals surface area (Å²) in [5.74, 6) is -0.122. The van der Waals surface area contributed by atoms with E-state index in [4.69, 9.17) is 4.74 Å². The number of rotatable bonds is 4. The van der Waals surface area contributed by atoms with Gasteiger partial charge in [-0.2, -0.15) is 5.06 Å². The van der Waals surface area contributed by atoms with E-state index in [0.717, 1.165) is 11.1 Å². The average Bonchev–Trinajstić information content (AvgIpc) is 2.66. The van der Waals surface area contributed by atoms with Crippen molar-refractivity contribution < 1.29 is 19.5 Å². The zero-order valence-electron chi connectivity index (χ0n) is 15.0. The van der Waals surface area contributed by atoms with E-state index >= 15 is 0 Å². The average molecular weight is 356 g/mol. The van der Waals surface area contributed by atoms with Crippen molar-refractivity contribution in [2.75, 3.05) is 6.54 Å². The first-order valence-corrected chi connectivity index (χ1v) is 8.88. The van der Waals surface area contributed by atoms with E-state index in [2.05, 4.69) is 11.4 Å². The third-order valence-corrected chi connectivity index (χ3v) is 5.21. The number of ether oxygens (including phenoxy) is 1. The molecule has 1 heterocycles. The van der Waals surface area contributed by atoms with Gasteiger partial charge in [-0.05, 0) is 30.9 Å². The van der Waals surface area contributed by atoms with Crippen LogP contribution < -0.4 is 5.32 Å². The van der Waals surface area contributed by atoms with Gasteiger partial charge in [-0.25, -0.2) is 4.79 Å². The molecule has 1 aliphatic heterocycles. The van der Waals surface area contributed by atoms with Crippen molar-refractivity contribution in [3.63, 3.8) is 0 Å². The topological polar surface area (TPSA) is 78.9 Å². The van der Waals surface area contributed by atoms with Crippen molar-refractivity contribution in [3.05, 3.63) is 54.1 Å². The Bertz CT molecular complexity index is 743. The molecular weight excluding hydrogens is 332 g/mol. The van der Waals surface area contributed by atoms with Gasteiger partial charge in [-0.15, -0.1) is 0 Å². The van der Waals surface area contributed by atoms with Crippen LogP contribution in [0.25, 0.3) is 5.57 Å². The van der Waals surface area contributed by atoms with Crippen LogP contribution in [0.1, 0.15) is 32.3 Å². The van der Waals surface area contributed by atoms with Crippen LogP contribution in [-0.2, 0) is 9.53 Å². The maximum atomic E-state index is 13.0. The summed E-state index contributed by atoms with van der Waals surface area (Å²) in [4.78, 5) is 24.3. The Balaban J connectivity index is 1.71. The molecule has 2 N–H and O–H groups in total. The fourth-order valence-electron chi connectivity index (χ4n) is 3.30. The second kappa shape index (κ2) is 7.33. The summed E-state index contributed by atoms with van der Waals surface area (Å²) < 4.78 is 5.03. The highest BCUT2D eigenvalue weighted by Gasteiger charge is 2.39. The smallest absolute Gasteiger partial charge is 0.434 e. The largest absolute Gasteiger partial charge is 0.443 e. The third kappa shape index (κ3) is 3.51. The zero-order chi connectivity index (χ0) is 18.7. The first-order valence-electron chi connectivity index (χ1n) is 8.88. The van der Waals surface area contributed by atoms with Gasteiger partial charge in [0.1, 0.15) is 6.10 Å². The lowest BCUT2D eigenvalue weighted by Crippen LogP contribution is -2.58. The van der Waals surface area contributed by atoms with E-state index in [1.807, 2.05) is 49.4 Å². The van der Waals surface area contributed by atoms with Gasteiger partial charge in [0.05, 0.1) is 18.0 Å². The number of carbonyl (C=O) groups is 2. The van der Waals surface area contributed by atoms with Gasteiger partial charge in [0.25, 0.3) is 0 Å². The van der Waals surface area contributed by atoms with Crippen LogP contribution in [0.2, 0.25) is 0 Å². The van der Waals surface area contributed by atoms with E-state index < -0.39 is 23.7 Å². The number of cyclic esters (lactones) is 1. The van der Waals surface area contributed by atoms with Crippen molar-refractivity contribution in [1.29, 1.82) is 0 Å². The van der Waals surface area contributed by atoms with Gasteiger partial charge >= 0.3 is 6.09 Å². The molecule has 3 atom stereocenters. The summed E-state index contributed by atoms with van der Waals surface area (Å²) in [6, 6.07) is 9.59. The number of hydroxylamine groups is 2. The Labute approximate surface area is 153 Å². The number of carbonyl (C=O) groups excluding carboxylic acids is 2. The molecule has 1 aliphatic carbocycles. The molecule has 6 nitrogen and oxygen atoms in total. The number of nitrogens with zero attached hydrogens (tertiary/aromatic N) is 1. The number of hydrogen-bond donors (Lipinski definition) is 2. The van der Waals surface area contributed by atoms with Crippen LogP contribution in [0.3, 0.4) is 0 Å². The van der Waals surface area contributed by atoms with Gasteiger partial charge in [-0.1, -0.05) is 55.5 Å². The second-order valence-electron chi connectivity index (χ2n) is 6.82. The van der Waals surface area contributed by atoms with E-state index in [-0.39, 0.29) is 12.5 Å². The second-order valence-corrected chi connectivity index (χ2v) is 6.82. The van der Waals surface area contributed by atoms with Gasteiger partial charge in [0.15, 0.2) is 0 Å². The first kappa shape index (κ1) is 18.2. The molecule has 3 rings (SSSR count). The standard InChI is InChI=1S/C20H24N2O4/c1-3-20(11-9-16(10-12-20)15-7-5-4-6-8-15)18(23)21-17-13-22(25)19(24)26-14(17)2/h4-11,14,17,25H,3,12-13H2,1-2H3,(H,21,23)/t14-,17-,20?/m1/s1. The third-order valence-electron chi connectivity index (χ3n) is 5.21. The van der Waals surface area contributed by atoms with Crippen molar-refractivity contribution >= 4 is 17.6 Å². The Morgan fingerprint density at radius 1 is 1.38 bits per heavy atom. The lowest BCUT2D eigenvalue weighted by atomic mass is 9.76. The van der Waals surface area contributed by atoms with Crippen molar-refractivity contribution in [2.45, 2.75) is 38.8 Å². The predicted molar refractivity (Wildman–Crippen MR) is 97.3 cm³/mol. The first-order chi connectivity index (χ1) is 12.4. The maximum absolute atomic E-state index is 13.0. The van der Waals surface area contributed by atoms with Crippen LogP contribution in [-0.4, -0.2) is 41.0 Å². The Morgan fingerprint density at radius 2 is 2.12 bits per heavy atom. The van der Waals surface area contributed by atoms with Gasteiger partial charge in [0.2, 0.25) is 5.91 Å². The minimum atomic E-state index is -0.791. The fraction of sp³-hybridized carbons (Fsp3) is 0.400. The normalized spacial score (nSPS) is 28.3. The number of benzene rings is 1. The Hall–Kier alpha value is -2.60. The quantitative estimate of drug-likeness (QED) is 0.813. The number of allylic oxidation sites excluding steroid dienone is 3. The highest BCUT2D eigenvalue weighted by molar-refractivity contribution is 5.88. The summed E-state index contributed by atoms with van der Waals surface area (Å²) in [5.41, 5.74) is 1.58. The van der Waals surface area contributed by atoms with E-state index in [0.29, 0.717) is 17.9 Å². The molecule has 0 aromatic heterocycles. The van der Waals surface area contributed by atoms with Gasteiger partial charge < -0.3 is 10.1 Å². The Morgan fingerprint density at radius 3 is 2.73 bits per heavy atom. The molecule has 2 aliphatic rings. The molecule has 0 radical (unpaired) electrons. The number of nitrogens with one attached hydrogen (secondary N) is 1. The van der Waals surface area contributed by atoms with Crippen LogP contribution in [0.5, 0.6) is 0 Å². The number of hydrogen-bond acceptors (Lipinski definition) is 4. The van der Waals surface area contributed by atoms with Crippen LogP contribution in [0, 0.1) is 5.41 Å². The van der Waals surface area contributed by atoms with E-state index in [9.17, 15) is 14.8 Å². The molecule has 1 fully saturated rings. The molecule has 26 heavy (non-hydrogen) atoms. The monoisotopic (exact) mass is 356 g/mol. The minimum Gasteiger partial charge on any atom is -0.443 e. The van der Waals surface area contributed by atoms with Crippen LogP contribution >= 0.6 is 0 Å². The van der Waals surface area contributed by atoms with E-state index in [1.54, 1.807) is 6.92 Å². The molecule has 138 valence electrons. The van der Waals surface area contributed by atoms with Crippen molar-refractivity contribution in [3.8, 4) is 0 Å². The van der Waals surface area contributed by atoms with Gasteiger partial charge in [-0.3, -0.25) is 10.0 Å². The molecule has 1 saturated heterocycles. The number of amides is 2. The summed E-state index contributed by atoms with van der Waals surface area (Å²) >= 11 is 0. The molecule has 0 bridgehead atoms. The lowest BCUT2D eigenvalue weighted by Gasteiger charge is -2.37. The molecule has 6 heteroatoms. The SMILES string of the molecule is CCC1(C(=O)N[C@@H]2CN(O)C(=O)O[C@@H]2C)C=CC(c2ccccc2)=CC1. The molecule has 0 spiro atoms. The fourth-order valence-corrected chi connectivity index (χ4v) is 3.30. The minimum absolute atomic E-state index is 0.0142. The molecule has 2 amide bonds. The summed E-state index contributed by atoms with van der Waals surface area (Å²) in [6.07, 6.45) is 6.00. The van der Waals surface area contributed by atoms with Crippen LogP contribution in [0.15, 0.2) is 48.6 Å². The van der Waals surface area contributed by atoms with E-state index in [1.165, 1.54) is 0 Å². The summed E-state index contributed by atoms with van der Waals surface area (Å²) in [7, 11) is 0. The Kier molecular flexibility index (Phi) is 5.13. The van der Waals surface area contributed by atoms with Gasteiger partial charge in [0, 0.05) is 0 Å². The molecule has 1 aromatic carbocycles. The highest BCUT2D eigenvalue weighted by Crippen LogP contribution is 2.36. The molecular formula is C20H24N2O4. The summed E-state index contributed by atoms with van der Waals surface area (Å²) in [6.45, 7) is 3.70. The maximum Gasteiger partial charge on any atom is 0.434 e. The highest BCUT2D eigenvalue weighted by atomic mass is 16.6. The molecule has 0 saturated carbocycles. The summed E-state index contributed by atoms with van der Waals surface area (Å²) in [5, 5.41) is 13.0. The molecule has 1 aromatic rings. The van der Waals surface area contributed by atoms with Crippen molar-refractivity contribution in [1.82, 2.24) is 10.4 Å².